The Morgan fingerprint density at radius 2 is 1.58 bits per heavy atom. The van der Waals surface area contributed by atoms with Gasteiger partial charge in [-0.3, -0.25) is 0 Å². The lowest BCUT2D eigenvalue weighted by atomic mass is 9.41. The second-order valence-corrected chi connectivity index (χ2v) is 13.0. The summed E-state index contributed by atoms with van der Waals surface area (Å²) in [6.07, 6.45) is 7.37. The Morgan fingerprint density at radius 3 is 2.26 bits per heavy atom. The van der Waals surface area contributed by atoms with Crippen molar-refractivity contribution in [2.45, 2.75) is 123 Å². The van der Waals surface area contributed by atoms with Gasteiger partial charge in [0.15, 0.2) is 0 Å². The van der Waals surface area contributed by atoms with Crippen LogP contribution in [0.2, 0.25) is 0 Å². The molecule has 4 aliphatic rings. The van der Waals surface area contributed by atoms with Gasteiger partial charge in [0, 0.05) is 11.8 Å². The zero-order chi connectivity index (χ0) is 22.8. The minimum Gasteiger partial charge on any atom is -0.393 e. The summed E-state index contributed by atoms with van der Waals surface area (Å²) >= 11 is 0. The topological polar surface area (TPSA) is 80.9 Å². The molecule has 4 heteroatoms. The average molecular weight is 437 g/mol. The molecule has 0 radical (unpaired) electrons. The monoisotopic (exact) mass is 436 g/mol. The van der Waals surface area contributed by atoms with Crippen LogP contribution in [0.3, 0.4) is 0 Å². The van der Waals surface area contributed by atoms with Gasteiger partial charge in [-0.25, -0.2) is 0 Å². The van der Waals surface area contributed by atoms with Crippen LogP contribution in [0.1, 0.15) is 98.8 Å². The molecule has 0 aliphatic heterocycles. The van der Waals surface area contributed by atoms with Crippen molar-refractivity contribution in [1.29, 1.82) is 0 Å². The van der Waals surface area contributed by atoms with Gasteiger partial charge in [0.25, 0.3) is 0 Å². The molecule has 0 bridgehead atoms. The van der Waals surface area contributed by atoms with Crippen LogP contribution in [-0.2, 0) is 0 Å². The number of hydrogen-bond acceptors (Lipinski definition) is 4. The maximum absolute atomic E-state index is 11.6. The lowest BCUT2D eigenvalue weighted by Crippen LogP contribution is -2.72. The van der Waals surface area contributed by atoms with Gasteiger partial charge in [-0.15, -0.1) is 0 Å². The Bertz CT molecular complexity index is 651. The summed E-state index contributed by atoms with van der Waals surface area (Å²) in [6.45, 7) is 11.6. The van der Waals surface area contributed by atoms with E-state index in [0.29, 0.717) is 30.1 Å². The number of hydrogen-bond donors (Lipinski definition) is 4. The first-order valence-corrected chi connectivity index (χ1v) is 13.2. The van der Waals surface area contributed by atoms with Crippen molar-refractivity contribution in [1.82, 2.24) is 0 Å². The van der Waals surface area contributed by atoms with Crippen LogP contribution >= 0.6 is 0 Å². The third-order valence-electron chi connectivity index (χ3n) is 11.1. The fourth-order valence-corrected chi connectivity index (χ4v) is 9.35. The highest BCUT2D eigenvalue weighted by Crippen LogP contribution is 2.69. The van der Waals surface area contributed by atoms with Gasteiger partial charge in [-0.1, -0.05) is 53.9 Å². The number of rotatable bonds is 5. The van der Waals surface area contributed by atoms with Crippen molar-refractivity contribution in [2.75, 3.05) is 0 Å². The molecule has 4 N–H and O–H groups in total. The van der Waals surface area contributed by atoms with Crippen molar-refractivity contribution < 1.29 is 20.4 Å². The van der Waals surface area contributed by atoms with Gasteiger partial charge in [0.2, 0.25) is 0 Å². The minimum atomic E-state index is -1.39. The Hall–Kier alpha value is -0.160. The first-order chi connectivity index (χ1) is 14.4. The largest absolute Gasteiger partial charge is 0.393 e. The molecule has 0 aromatic rings. The molecule has 0 heterocycles. The number of aliphatic hydroxyl groups excluding tert-OH is 3. The Balaban J connectivity index is 1.56. The zero-order valence-electron chi connectivity index (χ0n) is 20.6. The smallest absolute Gasteiger partial charge is 0.101 e. The summed E-state index contributed by atoms with van der Waals surface area (Å²) in [7, 11) is 0. The van der Waals surface area contributed by atoms with E-state index in [-0.39, 0.29) is 12.3 Å². The van der Waals surface area contributed by atoms with E-state index in [4.69, 9.17) is 0 Å². The summed E-state index contributed by atoms with van der Waals surface area (Å²) in [5.41, 5.74) is -1.82. The summed E-state index contributed by atoms with van der Waals surface area (Å²) in [5.74, 6) is 3.40. The Labute approximate surface area is 189 Å². The fourth-order valence-electron chi connectivity index (χ4n) is 9.35. The van der Waals surface area contributed by atoms with Crippen LogP contribution in [0.25, 0.3) is 0 Å². The van der Waals surface area contributed by atoms with E-state index in [0.717, 1.165) is 30.6 Å². The van der Waals surface area contributed by atoms with Crippen LogP contribution in [-0.4, -0.2) is 44.3 Å². The van der Waals surface area contributed by atoms with Crippen LogP contribution < -0.4 is 0 Å². The first kappa shape index (κ1) is 24.0. The molecule has 4 fully saturated rings. The molecule has 0 amide bonds. The highest BCUT2D eigenvalue weighted by Gasteiger charge is 2.70. The molecular weight excluding hydrogens is 388 g/mol. The van der Waals surface area contributed by atoms with Crippen molar-refractivity contribution in [2.24, 2.45) is 46.3 Å². The minimum absolute atomic E-state index is 0.183. The van der Waals surface area contributed by atoms with Crippen molar-refractivity contribution >= 4 is 0 Å². The molecule has 0 aromatic carbocycles. The SMILES string of the molecule is CC(C)CCCC(C)C1CCC2C3CC(O)C4(O)CC(O)CC(O)C4(C)C3CCC12C. The second kappa shape index (κ2) is 8.25. The van der Waals surface area contributed by atoms with E-state index in [2.05, 4.69) is 27.7 Å². The van der Waals surface area contributed by atoms with E-state index in [9.17, 15) is 20.4 Å². The average Bonchev–Trinajstić information content (AvgIpc) is 3.02. The summed E-state index contributed by atoms with van der Waals surface area (Å²) in [4.78, 5) is 0. The van der Waals surface area contributed by atoms with Gasteiger partial charge >= 0.3 is 0 Å². The quantitative estimate of drug-likeness (QED) is 0.511. The number of fused-ring (bicyclic) bond motifs is 5. The molecule has 0 spiro atoms. The van der Waals surface area contributed by atoms with Crippen molar-refractivity contribution in [3.8, 4) is 0 Å². The van der Waals surface area contributed by atoms with Gasteiger partial charge < -0.3 is 20.4 Å². The Kier molecular flexibility index (Phi) is 6.38. The maximum Gasteiger partial charge on any atom is 0.101 e. The van der Waals surface area contributed by atoms with Gasteiger partial charge in [-0.2, -0.15) is 0 Å². The van der Waals surface area contributed by atoms with Crippen molar-refractivity contribution in [3.63, 3.8) is 0 Å². The van der Waals surface area contributed by atoms with Gasteiger partial charge in [0.1, 0.15) is 5.60 Å². The van der Waals surface area contributed by atoms with E-state index in [1.54, 1.807) is 0 Å². The molecule has 180 valence electrons. The molecule has 11 unspecified atom stereocenters. The van der Waals surface area contributed by atoms with Crippen LogP contribution in [0.15, 0.2) is 0 Å². The van der Waals surface area contributed by atoms with E-state index >= 15 is 0 Å². The second-order valence-electron chi connectivity index (χ2n) is 13.0. The van der Waals surface area contributed by atoms with Crippen LogP contribution in [0.5, 0.6) is 0 Å². The van der Waals surface area contributed by atoms with Gasteiger partial charge in [-0.05, 0) is 79.4 Å². The lowest BCUT2D eigenvalue weighted by Gasteiger charge is -2.66. The maximum atomic E-state index is 11.6. The van der Waals surface area contributed by atoms with Gasteiger partial charge in [0.05, 0.1) is 18.3 Å². The van der Waals surface area contributed by atoms with Crippen LogP contribution in [0.4, 0.5) is 0 Å². The molecule has 0 aromatic heterocycles. The highest BCUT2D eigenvalue weighted by molar-refractivity contribution is 5.19. The molecule has 4 rings (SSSR count). The van der Waals surface area contributed by atoms with Crippen molar-refractivity contribution in [3.05, 3.63) is 0 Å². The fraction of sp³-hybridized carbons (Fsp3) is 1.00. The highest BCUT2D eigenvalue weighted by atomic mass is 16.4. The number of aliphatic hydroxyl groups is 4. The lowest BCUT2D eigenvalue weighted by molar-refractivity contribution is -0.294. The molecule has 4 aliphatic carbocycles. The molecule has 0 saturated heterocycles. The summed E-state index contributed by atoms with van der Waals surface area (Å²) in [6, 6.07) is 0. The predicted molar refractivity (Wildman–Crippen MR) is 123 cm³/mol. The standard InChI is InChI=1S/C27H48O4/c1-16(2)7-6-8-17(3)20-9-10-21-19-14-24(30)27(31)15-18(28)13-23(29)26(27,5)22(19)11-12-25(20,21)4/h16-24,28-31H,6-15H2,1-5H3. The summed E-state index contributed by atoms with van der Waals surface area (Å²) in [5, 5.41) is 44.2. The third-order valence-corrected chi connectivity index (χ3v) is 11.1. The zero-order valence-corrected chi connectivity index (χ0v) is 20.6. The molecule has 31 heavy (non-hydrogen) atoms. The molecule has 11 atom stereocenters. The summed E-state index contributed by atoms with van der Waals surface area (Å²) < 4.78 is 0. The third kappa shape index (κ3) is 3.54. The first-order valence-electron chi connectivity index (χ1n) is 13.2. The molecule has 4 nitrogen and oxygen atoms in total. The van der Waals surface area contributed by atoms with Crippen LogP contribution in [0, 0.1) is 46.3 Å². The normalized spacial score (nSPS) is 53.0. The van der Waals surface area contributed by atoms with E-state index < -0.39 is 29.3 Å². The van der Waals surface area contributed by atoms with E-state index in [1.165, 1.54) is 32.1 Å². The predicted octanol–water partition coefficient (Wildman–Crippen LogP) is 4.53. The molecular formula is C27H48O4. The Morgan fingerprint density at radius 1 is 0.871 bits per heavy atom. The van der Waals surface area contributed by atoms with E-state index in [1.807, 2.05) is 6.92 Å². The molecule has 4 saturated carbocycles.